The third-order valence-electron chi connectivity index (χ3n) is 2.45. The zero-order chi connectivity index (χ0) is 14.6. The molecule has 0 aliphatic heterocycles. The van der Waals surface area contributed by atoms with Crippen LogP contribution in [0.2, 0.25) is 0 Å². The topological polar surface area (TPSA) is 38.3 Å². The fourth-order valence-corrected chi connectivity index (χ4v) is 1.56. The van der Waals surface area contributed by atoms with E-state index in [0.717, 1.165) is 5.56 Å². The lowest BCUT2D eigenvalue weighted by molar-refractivity contribution is 0.0983. The van der Waals surface area contributed by atoms with E-state index in [1.807, 2.05) is 20.8 Å². The highest BCUT2D eigenvalue weighted by molar-refractivity contribution is 5.68. The molecule has 1 aromatic carbocycles. The third-order valence-corrected chi connectivity index (χ3v) is 2.45. The summed E-state index contributed by atoms with van der Waals surface area (Å²) in [6, 6.07) is 4.58. The average molecular weight is 265 g/mol. The highest BCUT2D eigenvalue weighted by atomic mass is 19.1. The van der Waals surface area contributed by atoms with Crippen LogP contribution in [0.1, 0.15) is 44.9 Å². The van der Waals surface area contributed by atoms with Crippen LogP contribution in [0.4, 0.5) is 9.18 Å². The van der Waals surface area contributed by atoms with Gasteiger partial charge in [0.15, 0.2) is 0 Å². The Morgan fingerprint density at radius 1 is 1.47 bits per heavy atom. The molecule has 0 spiro atoms. The van der Waals surface area contributed by atoms with Crippen molar-refractivity contribution in [3.05, 3.63) is 41.7 Å². The van der Waals surface area contributed by atoms with E-state index in [2.05, 4.69) is 11.9 Å². The van der Waals surface area contributed by atoms with Crippen LogP contribution in [0.25, 0.3) is 6.08 Å². The minimum atomic E-state index is -0.665. The maximum absolute atomic E-state index is 13.7. The molecule has 1 atom stereocenters. The SMILES string of the molecule is C=Cc1ccc(F)c([C@@H](C)OC(=O)NC(C)(C)C)c1. The Kier molecular flexibility index (Phi) is 4.70. The van der Waals surface area contributed by atoms with E-state index in [1.54, 1.807) is 25.1 Å². The minimum absolute atomic E-state index is 0.335. The van der Waals surface area contributed by atoms with Crippen LogP contribution in [-0.2, 0) is 4.74 Å². The van der Waals surface area contributed by atoms with Gasteiger partial charge in [0, 0.05) is 11.1 Å². The molecule has 0 bridgehead atoms. The van der Waals surface area contributed by atoms with Crippen molar-refractivity contribution in [3.8, 4) is 0 Å². The predicted molar refractivity (Wildman–Crippen MR) is 74.3 cm³/mol. The van der Waals surface area contributed by atoms with Gasteiger partial charge in [-0.15, -0.1) is 0 Å². The number of halogens is 1. The van der Waals surface area contributed by atoms with Crippen molar-refractivity contribution in [2.45, 2.75) is 39.3 Å². The summed E-state index contributed by atoms with van der Waals surface area (Å²) in [4.78, 5) is 11.6. The molecule has 1 N–H and O–H groups in total. The predicted octanol–water partition coefficient (Wildman–Crippen LogP) is 4.05. The van der Waals surface area contributed by atoms with Crippen molar-refractivity contribution < 1.29 is 13.9 Å². The molecule has 0 fully saturated rings. The summed E-state index contributed by atoms with van der Waals surface area (Å²) >= 11 is 0. The number of nitrogens with one attached hydrogen (secondary N) is 1. The summed E-state index contributed by atoms with van der Waals surface area (Å²) in [5.41, 5.74) is 0.725. The Balaban J connectivity index is 2.80. The Morgan fingerprint density at radius 3 is 2.63 bits per heavy atom. The van der Waals surface area contributed by atoms with Crippen molar-refractivity contribution in [3.63, 3.8) is 0 Å². The Bertz CT molecular complexity index is 478. The number of hydrogen-bond donors (Lipinski definition) is 1. The number of carbonyl (C=O) groups excluding carboxylic acids is 1. The van der Waals surface area contributed by atoms with Crippen LogP contribution >= 0.6 is 0 Å². The van der Waals surface area contributed by atoms with E-state index in [1.165, 1.54) is 6.07 Å². The molecule has 1 aromatic rings. The number of benzene rings is 1. The van der Waals surface area contributed by atoms with Crippen LogP contribution < -0.4 is 5.32 Å². The van der Waals surface area contributed by atoms with E-state index in [-0.39, 0.29) is 0 Å². The maximum atomic E-state index is 13.7. The van der Waals surface area contributed by atoms with Gasteiger partial charge in [0.05, 0.1) is 0 Å². The van der Waals surface area contributed by atoms with Crippen LogP contribution in [0.3, 0.4) is 0 Å². The van der Waals surface area contributed by atoms with Gasteiger partial charge in [-0.3, -0.25) is 0 Å². The number of ether oxygens (including phenoxy) is 1. The Labute approximate surface area is 113 Å². The van der Waals surface area contributed by atoms with E-state index < -0.39 is 23.6 Å². The fourth-order valence-electron chi connectivity index (χ4n) is 1.56. The van der Waals surface area contributed by atoms with Gasteiger partial charge in [-0.1, -0.05) is 18.7 Å². The zero-order valence-corrected chi connectivity index (χ0v) is 11.8. The van der Waals surface area contributed by atoms with Gasteiger partial charge < -0.3 is 10.1 Å². The molecule has 1 amide bonds. The molecule has 0 aliphatic carbocycles. The monoisotopic (exact) mass is 265 g/mol. The van der Waals surface area contributed by atoms with E-state index in [4.69, 9.17) is 4.74 Å². The lowest BCUT2D eigenvalue weighted by Crippen LogP contribution is -2.41. The molecule has 0 saturated carbocycles. The molecule has 4 heteroatoms. The highest BCUT2D eigenvalue weighted by Gasteiger charge is 2.19. The third kappa shape index (κ3) is 4.73. The zero-order valence-electron chi connectivity index (χ0n) is 11.8. The first kappa shape index (κ1) is 15.2. The van der Waals surface area contributed by atoms with Crippen molar-refractivity contribution in [1.29, 1.82) is 0 Å². The van der Waals surface area contributed by atoms with Crippen LogP contribution in [0.5, 0.6) is 0 Å². The van der Waals surface area contributed by atoms with Gasteiger partial charge in [-0.05, 0) is 45.4 Å². The lowest BCUT2D eigenvalue weighted by atomic mass is 10.1. The summed E-state index contributed by atoms with van der Waals surface area (Å²) in [6.07, 6.45) is 0.385. The van der Waals surface area contributed by atoms with E-state index >= 15 is 0 Å². The molecule has 0 radical (unpaired) electrons. The van der Waals surface area contributed by atoms with Gasteiger partial charge >= 0.3 is 6.09 Å². The van der Waals surface area contributed by atoms with Crippen molar-refractivity contribution in [2.75, 3.05) is 0 Å². The molecule has 3 nitrogen and oxygen atoms in total. The lowest BCUT2D eigenvalue weighted by Gasteiger charge is -2.22. The minimum Gasteiger partial charge on any atom is -0.442 e. The molecular weight excluding hydrogens is 245 g/mol. The normalized spacial score (nSPS) is 12.7. The molecule has 0 unspecified atom stereocenters. The first-order valence-corrected chi connectivity index (χ1v) is 6.13. The van der Waals surface area contributed by atoms with Gasteiger partial charge in [0.2, 0.25) is 0 Å². The molecule has 1 rings (SSSR count). The molecule has 104 valence electrons. The van der Waals surface area contributed by atoms with Gasteiger partial charge in [0.25, 0.3) is 0 Å². The Hall–Kier alpha value is -1.84. The largest absolute Gasteiger partial charge is 0.442 e. The second-order valence-electron chi connectivity index (χ2n) is 5.41. The second-order valence-corrected chi connectivity index (χ2v) is 5.41. The summed E-state index contributed by atoms with van der Waals surface area (Å²) < 4.78 is 18.9. The molecule has 0 saturated heterocycles. The molecular formula is C15H20FNO2. The smallest absolute Gasteiger partial charge is 0.408 e. The number of hydrogen-bond acceptors (Lipinski definition) is 2. The number of rotatable bonds is 3. The summed E-state index contributed by atoms with van der Waals surface area (Å²) in [7, 11) is 0. The highest BCUT2D eigenvalue weighted by Crippen LogP contribution is 2.22. The van der Waals surface area contributed by atoms with Crippen LogP contribution in [0, 0.1) is 5.82 Å². The summed E-state index contributed by atoms with van der Waals surface area (Å²) in [6.45, 7) is 10.8. The summed E-state index contributed by atoms with van der Waals surface area (Å²) in [5, 5.41) is 2.66. The number of alkyl carbamates (subject to hydrolysis) is 1. The average Bonchev–Trinajstić information content (AvgIpc) is 2.26. The van der Waals surface area contributed by atoms with Gasteiger partial charge in [-0.25, -0.2) is 9.18 Å². The molecule has 0 aromatic heterocycles. The first-order valence-electron chi connectivity index (χ1n) is 6.13. The number of carbonyl (C=O) groups is 1. The second kappa shape index (κ2) is 5.87. The number of amides is 1. The fraction of sp³-hybridized carbons (Fsp3) is 0.400. The van der Waals surface area contributed by atoms with Gasteiger partial charge in [-0.2, -0.15) is 0 Å². The molecule has 0 aliphatic rings. The van der Waals surface area contributed by atoms with Crippen molar-refractivity contribution in [1.82, 2.24) is 5.32 Å². The Morgan fingerprint density at radius 2 is 2.11 bits per heavy atom. The van der Waals surface area contributed by atoms with Crippen molar-refractivity contribution in [2.24, 2.45) is 0 Å². The summed E-state index contributed by atoms with van der Waals surface area (Å²) in [5.74, 6) is -0.401. The maximum Gasteiger partial charge on any atom is 0.408 e. The first-order chi connectivity index (χ1) is 8.73. The van der Waals surface area contributed by atoms with Gasteiger partial charge in [0.1, 0.15) is 11.9 Å². The van der Waals surface area contributed by atoms with E-state index in [9.17, 15) is 9.18 Å². The van der Waals surface area contributed by atoms with Crippen LogP contribution in [-0.4, -0.2) is 11.6 Å². The van der Waals surface area contributed by atoms with Crippen molar-refractivity contribution >= 4 is 12.2 Å². The molecule has 19 heavy (non-hydrogen) atoms. The standard InChI is InChI=1S/C15H20FNO2/c1-6-11-7-8-13(16)12(9-11)10(2)19-14(18)17-15(3,4)5/h6-10H,1H2,2-5H3,(H,17,18)/t10-/m1/s1. The van der Waals surface area contributed by atoms with E-state index in [0.29, 0.717) is 5.56 Å². The quantitative estimate of drug-likeness (QED) is 0.895. The van der Waals surface area contributed by atoms with Crippen LogP contribution in [0.15, 0.2) is 24.8 Å². The molecule has 0 heterocycles.